The maximum Gasteiger partial charge on any atom is 0.328 e. The van der Waals surface area contributed by atoms with Gasteiger partial charge in [-0.15, -0.1) is 0 Å². The Bertz CT molecular complexity index is 1100. The minimum absolute atomic E-state index is 0.522. The molecule has 0 aromatic rings. The van der Waals surface area contributed by atoms with Crippen molar-refractivity contribution in [3.63, 3.8) is 0 Å². The molecule has 1 heterocycles. The summed E-state index contributed by atoms with van der Waals surface area (Å²) in [6, 6.07) is 0. The Morgan fingerprint density at radius 2 is 1.08 bits per heavy atom. The van der Waals surface area contributed by atoms with Gasteiger partial charge in [0.1, 0.15) is 22.4 Å². The summed E-state index contributed by atoms with van der Waals surface area (Å²) in [5.41, 5.74) is -2.64. The summed E-state index contributed by atoms with van der Waals surface area (Å²) in [7, 11) is 0. The average Bonchev–Trinajstić information content (AvgIpc) is 3.28. The second-order valence-corrected chi connectivity index (χ2v) is 12.3. The molecule has 3 rings (SSSR count). The van der Waals surface area contributed by atoms with Crippen molar-refractivity contribution >= 4 is 11.9 Å². The first-order valence-corrected chi connectivity index (χ1v) is 12.5. The van der Waals surface area contributed by atoms with Crippen LogP contribution in [0.1, 0.15) is 68.2 Å². The number of hydrogen-bond donors (Lipinski definition) is 4. The predicted octanol–water partition coefficient (Wildman–Crippen LogP) is 4.88. The Balaban J connectivity index is 2.00. The molecule has 0 aromatic carbocycles. The van der Waals surface area contributed by atoms with Gasteiger partial charge in [0.05, 0.1) is 0 Å². The first-order valence-electron chi connectivity index (χ1n) is 12.5. The van der Waals surface area contributed by atoms with Gasteiger partial charge in [0.2, 0.25) is 0 Å². The van der Waals surface area contributed by atoms with Crippen LogP contribution in [0.4, 0.5) is 0 Å². The van der Waals surface area contributed by atoms with E-state index in [9.17, 15) is 19.8 Å². The van der Waals surface area contributed by atoms with Crippen LogP contribution in [0, 0.1) is 10.8 Å². The van der Waals surface area contributed by atoms with Gasteiger partial charge < -0.3 is 25.2 Å². The van der Waals surface area contributed by atoms with Gasteiger partial charge in [-0.2, -0.15) is 0 Å². The number of carboxylic acids is 2. The number of allylic oxidation sites excluding steroid dienone is 4. The fourth-order valence-electron chi connectivity index (χ4n) is 6.35. The highest BCUT2D eigenvalue weighted by atomic mass is 16.6. The van der Waals surface area contributed by atoms with Crippen molar-refractivity contribution in [2.75, 3.05) is 0 Å². The zero-order chi connectivity index (χ0) is 28.2. The monoisotopic (exact) mass is 512 g/mol. The third-order valence-corrected chi connectivity index (χ3v) is 8.49. The molecule has 0 radical (unpaired) electrons. The molecular formula is C30H40O7. The minimum Gasteiger partial charge on any atom is -0.478 e. The topological polar surface area (TPSA) is 128 Å². The summed E-state index contributed by atoms with van der Waals surface area (Å²) in [6.07, 6.45) is 13.8. The van der Waals surface area contributed by atoms with Crippen LogP contribution in [0.15, 0.2) is 70.9 Å². The molecule has 3 aliphatic rings. The fourth-order valence-corrected chi connectivity index (χ4v) is 6.35. The van der Waals surface area contributed by atoms with E-state index < -0.39 is 45.2 Å². The van der Waals surface area contributed by atoms with Crippen molar-refractivity contribution in [3.05, 3.63) is 70.9 Å². The number of hydrogen-bond acceptors (Lipinski definition) is 5. The second-order valence-electron chi connectivity index (χ2n) is 12.3. The molecule has 1 aliphatic heterocycles. The van der Waals surface area contributed by atoms with E-state index in [4.69, 9.17) is 14.9 Å². The number of ether oxygens (including phenoxy) is 1. The van der Waals surface area contributed by atoms with E-state index in [1.807, 2.05) is 53.7 Å². The van der Waals surface area contributed by atoms with Gasteiger partial charge in [-0.3, -0.25) is 0 Å². The van der Waals surface area contributed by atoms with Crippen LogP contribution in [-0.2, 0) is 14.3 Å². The van der Waals surface area contributed by atoms with Gasteiger partial charge in [-0.1, -0.05) is 39.8 Å². The van der Waals surface area contributed by atoms with Crippen LogP contribution in [-0.4, -0.2) is 54.8 Å². The largest absolute Gasteiger partial charge is 0.478 e. The lowest BCUT2D eigenvalue weighted by molar-refractivity contribution is -0.132. The smallest absolute Gasteiger partial charge is 0.328 e. The molecule has 7 heteroatoms. The van der Waals surface area contributed by atoms with Crippen LogP contribution < -0.4 is 0 Å². The van der Waals surface area contributed by atoms with Crippen LogP contribution in [0.2, 0.25) is 0 Å². The third-order valence-electron chi connectivity index (χ3n) is 8.49. The standard InChI is InChI=1S/C30H40O7/c1-19(13-23(31)32)9-11-29(35)21(3)15-27(17-25(29,5)6)28(37-27)16-22(4)30(36,26(7,8)18-28)12-10-20(2)14-24(33)34/h9-16,35-36H,17-18H2,1-8H3,(H,31,32)(H,33,34)/b11-9+,12-10+,19-13-,20-14-/t27?,28?,29-,30+. The lowest BCUT2D eigenvalue weighted by atomic mass is 9.55. The molecule has 1 saturated heterocycles. The summed E-state index contributed by atoms with van der Waals surface area (Å²) >= 11 is 0. The van der Waals surface area contributed by atoms with E-state index in [1.54, 1.807) is 38.2 Å². The van der Waals surface area contributed by atoms with Crippen molar-refractivity contribution in [1.29, 1.82) is 0 Å². The Kier molecular flexibility index (Phi) is 6.96. The molecule has 0 amide bonds. The number of carbonyl (C=O) groups is 2. The van der Waals surface area contributed by atoms with E-state index in [0.717, 1.165) is 23.3 Å². The first kappa shape index (κ1) is 28.8. The Labute approximate surface area is 219 Å². The summed E-state index contributed by atoms with van der Waals surface area (Å²) in [5, 5.41) is 41.4. The zero-order valence-corrected chi connectivity index (χ0v) is 23.0. The predicted molar refractivity (Wildman–Crippen MR) is 142 cm³/mol. The molecule has 2 unspecified atom stereocenters. The van der Waals surface area contributed by atoms with Gasteiger partial charge in [0.25, 0.3) is 0 Å². The van der Waals surface area contributed by atoms with E-state index in [-0.39, 0.29) is 0 Å². The van der Waals surface area contributed by atoms with Gasteiger partial charge in [0, 0.05) is 23.0 Å². The van der Waals surface area contributed by atoms with Crippen LogP contribution in [0.25, 0.3) is 0 Å². The number of aliphatic carboxylic acids is 2. The van der Waals surface area contributed by atoms with Gasteiger partial charge in [-0.25, -0.2) is 9.59 Å². The maximum atomic E-state index is 11.7. The first-order chi connectivity index (χ1) is 16.7. The summed E-state index contributed by atoms with van der Waals surface area (Å²) in [5.74, 6) is -2.08. The third kappa shape index (κ3) is 4.80. The maximum absolute atomic E-state index is 11.7. The van der Waals surface area contributed by atoms with Crippen molar-refractivity contribution in [1.82, 2.24) is 0 Å². The van der Waals surface area contributed by atoms with E-state index in [2.05, 4.69) is 0 Å². The van der Waals surface area contributed by atoms with Gasteiger partial charge in [0.15, 0.2) is 0 Å². The number of aliphatic hydroxyl groups is 2. The van der Waals surface area contributed by atoms with Crippen LogP contribution in [0.5, 0.6) is 0 Å². The van der Waals surface area contributed by atoms with E-state index in [1.165, 1.54) is 0 Å². The highest BCUT2D eigenvalue weighted by molar-refractivity contribution is 5.81. The Morgan fingerprint density at radius 1 is 0.757 bits per heavy atom. The molecule has 202 valence electrons. The summed E-state index contributed by atoms with van der Waals surface area (Å²) in [6.45, 7) is 15.0. The molecule has 37 heavy (non-hydrogen) atoms. The molecule has 4 atom stereocenters. The highest BCUT2D eigenvalue weighted by Gasteiger charge is 2.75. The quantitative estimate of drug-likeness (QED) is 0.173. The number of fused-ring (bicyclic) bond motifs is 1. The zero-order valence-electron chi connectivity index (χ0n) is 23.0. The normalized spacial score (nSPS) is 37.2. The van der Waals surface area contributed by atoms with E-state index in [0.29, 0.717) is 24.0 Å². The molecule has 4 N–H and O–H groups in total. The van der Waals surface area contributed by atoms with Crippen molar-refractivity contribution in [2.24, 2.45) is 10.8 Å². The number of carboxylic acid groups (broad SMARTS) is 2. The number of rotatable bonds is 6. The minimum atomic E-state index is -1.29. The molecule has 2 aliphatic carbocycles. The second kappa shape index (κ2) is 8.93. The van der Waals surface area contributed by atoms with Crippen molar-refractivity contribution in [3.8, 4) is 0 Å². The van der Waals surface area contributed by atoms with Crippen molar-refractivity contribution < 1.29 is 34.8 Å². The SMILES string of the molecule is CC1=CC2(CC(C)(C)[C@@]1(O)/C=C/C(C)=C\C(=O)O)OC21C=C(C)[C@@](O)(/C=C/C(C)=C\C(=O)O)C(C)(C)C1. The lowest BCUT2D eigenvalue weighted by Crippen LogP contribution is -2.54. The van der Waals surface area contributed by atoms with Crippen LogP contribution in [0.3, 0.4) is 0 Å². The Hall–Kier alpha value is -2.74. The molecule has 1 fully saturated rings. The molecule has 0 bridgehead atoms. The molecule has 2 spiro atoms. The molecule has 0 aromatic heterocycles. The Morgan fingerprint density at radius 3 is 1.35 bits per heavy atom. The highest BCUT2D eigenvalue weighted by Crippen LogP contribution is 2.68. The van der Waals surface area contributed by atoms with Gasteiger partial charge >= 0.3 is 11.9 Å². The van der Waals surface area contributed by atoms with Crippen LogP contribution >= 0.6 is 0 Å². The molecular weight excluding hydrogens is 472 g/mol. The van der Waals surface area contributed by atoms with Gasteiger partial charge in [-0.05, 0) is 87.1 Å². The van der Waals surface area contributed by atoms with Crippen molar-refractivity contribution in [2.45, 2.75) is 90.6 Å². The lowest BCUT2D eigenvalue weighted by Gasteiger charge is -2.49. The fraction of sp³-hybridized carbons (Fsp3) is 0.533. The summed E-state index contributed by atoms with van der Waals surface area (Å²) < 4.78 is 6.53. The number of epoxide rings is 1. The molecule has 0 saturated carbocycles. The molecule has 7 nitrogen and oxygen atoms in total. The average molecular weight is 513 g/mol. The summed E-state index contributed by atoms with van der Waals surface area (Å²) in [4.78, 5) is 22.0. The van der Waals surface area contributed by atoms with E-state index >= 15 is 0 Å².